The van der Waals surface area contributed by atoms with Crippen molar-refractivity contribution in [3.63, 3.8) is 0 Å². The SMILES string of the molecule is CC(c1ccc2c(c1)OCO2)C(C)[N+](=O)[O-]. The Kier molecular flexibility index (Phi) is 2.68. The lowest BCUT2D eigenvalue weighted by molar-refractivity contribution is -0.521. The molecule has 0 saturated heterocycles. The highest BCUT2D eigenvalue weighted by Gasteiger charge is 2.25. The van der Waals surface area contributed by atoms with Gasteiger partial charge in [0.2, 0.25) is 12.8 Å². The average Bonchev–Trinajstić information content (AvgIpc) is 2.73. The van der Waals surface area contributed by atoms with Crippen LogP contribution < -0.4 is 9.47 Å². The van der Waals surface area contributed by atoms with Crippen molar-refractivity contribution < 1.29 is 14.4 Å². The number of nitro groups is 1. The van der Waals surface area contributed by atoms with E-state index in [2.05, 4.69) is 0 Å². The van der Waals surface area contributed by atoms with Gasteiger partial charge in [0, 0.05) is 17.8 Å². The van der Waals surface area contributed by atoms with Crippen LogP contribution in [0, 0.1) is 10.1 Å². The summed E-state index contributed by atoms with van der Waals surface area (Å²) in [5.41, 5.74) is 0.897. The molecule has 16 heavy (non-hydrogen) atoms. The first kappa shape index (κ1) is 10.7. The van der Waals surface area contributed by atoms with E-state index in [1.807, 2.05) is 19.1 Å². The largest absolute Gasteiger partial charge is 0.454 e. The van der Waals surface area contributed by atoms with E-state index in [0.717, 1.165) is 5.56 Å². The third-order valence-corrected chi connectivity index (χ3v) is 2.98. The second-order valence-electron chi connectivity index (χ2n) is 3.93. The zero-order valence-corrected chi connectivity index (χ0v) is 9.17. The van der Waals surface area contributed by atoms with Crippen LogP contribution in [0.25, 0.3) is 0 Å². The van der Waals surface area contributed by atoms with Gasteiger partial charge in [-0.2, -0.15) is 0 Å². The molecule has 0 N–H and O–H groups in total. The first-order valence-electron chi connectivity index (χ1n) is 5.12. The summed E-state index contributed by atoms with van der Waals surface area (Å²) >= 11 is 0. The third-order valence-electron chi connectivity index (χ3n) is 2.98. The van der Waals surface area contributed by atoms with Crippen LogP contribution in [-0.4, -0.2) is 17.8 Å². The minimum absolute atomic E-state index is 0.149. The summed E-state index contributed by atoms with van der Waals surface area (Å²) in [7, 11) is 0. The molecule has 86 valence electrons. The van der Waals surface area contributed by atoms with E-state index in [-0.39, 0.29) is 17.6 Å². The van der Waals surface area contributed by atoms with Crippen LogP contribution in [0.2, 0.25) is 0 Å². The van der Waals surface area contributed by atoms with Crippen LogP contribution in [0.1, 0.15) is 25.3 Å². The molecule has 1 aromatic carbocycles. The monoisotopic (exact) mass is 223 g/mol. The van der Waals surface area contributed by atoms with E-state index in [0.29, 0.717) is 11.5 Å². The van der Waals surface area contributed by atoms with E-state index in [4.69, 9.17) is 9.47 Å². The molecule has 0 bridgehead atoms. The number of hydrogen-bond donors (Lipinski definition) is 0. The Morgan fingerprint density at radius 3 is 2.69 bits per heavy atom. The van der Waals surface area contributed by atoms with Gasteiger partial charge in [0.25, 0.3) is 0 Å². The smallest absolute Gasteiger partial charge is 0.231 e. The van der Waals surface area contributed by atoms with Gasteiger partial charge < -0.3 is 9.47 Å². The molecule has 0 spiro atoms. The second-order valence-corrected chi connectivity index (χ2v) is 3.93. The summed E-state index contributed by atoms with van der Waals surface area (Å²) in [5.74, 6) is 1.22. The highest BCUT2D eigenvalue weighted by molar-refractivity contribution is 5.45. The molecule has 1 aliphatic rings. The Morgan fingerprint density at radius 1 is 1.31 bits per heavy atom. The summed E-state index contributed by atoms with van der Waals surface area (Å²) in [5, 5.41) is 10.7. The molecule has 0 aromatic heterocycles. The molecule has 2 unspecified atom stereocenters. The number of benzene rings is 1. The first-order chi connectivity index (χ1) is 7.59. The van der Waals surface area contributed by atoms with E-state index in [9.17, 15) is 10.1 Å². The summed E-state index contributed by atoms with van der Waals surface area (Å²) in [6, 6.07) is 4.84. The normalized spacial score (nSPS) is 16.9. The van der Waals surface area contributed by atoms with Crippen molar-refractivity contribution in [1.29, 1.82) is 0 Å². The van der Waals surface area contributed by atoms with Crippen molar-refractivity contribution in [2.45, 2.75) is 25.8 Å². The number of rotatable bonds is 3. The van der Waals surface area contributed by atoms with Crippen molar-refractivity contribution in [2.75, 3.05) is 6.79 Å². The molecular formula is C11H13NO4. The molecule has 0 radical (unpaired) electrons. The quantitative estimate of drug-likeness (QED) is 0.582. The Balaban J connectivity index is 2.24. The Morgan fingerprint density at radius 2 is 2.00 bits per heavy atom. The maximum absolute atomic E-state index is 10.7. The topological polar surface area (TPSA) is 61.6 Å². The van der Waals surface area contributed by atoms with Crippen molar-refractivity contribution in [3.8, 4) is 11.5 Å². The second kappa shape index (κ2) is 4.00. The van der Waals surface area contributed by atoms with Gasteiger partial charge >= 0.3 is 0 Å². The van der Waals surface area contributed by atoms with Crippen molar-refractivity contribution >= 4 is 0 Å². The molecule has 1 heterocycles. The van der Waals surface area contributed by atoms with Crippen LogP contribution in [-0.2, 0) is 0 Å². The van der Waals surface area contributed by atoms with Gasteiger partial charge in [-0.3, -0.25) is 10.1 Å². The van der Waals surface area contributed by atoms with E-state index in [1.165, 1.54) is 0 Å². The number of nitrogens with zero attached hydrogens (tertiary/aromatic N) is 1. The Labute approximate surface area is 93.1 Å². The molecule has 2 atom stereocenters. The minimum Gasteiger partial charge on any atom is -0.454 e. The maximum atomic E-state index is 10.7. The van der Waals surface area contributed by atoms with Crippen LogP contribution >= 0.6 is 0 Å². The van der Waals surface area contributed by atoms with Crippen LogP contribution in [0.5, 0.6) is 11.5 Å². The summed E-state index contributed by atoms with van der Waals surface area (Å²) in [6.45, 7) is 3.66. The Bertz CT molecular complexity index is 418. The fraction of sp³-hybridized carbons (Fsp3) is 0.455. The van der Waals surface area contributed by atoms with Gasteiger partial charge in [0.15, 0.2) is 11.5 Å². The van der Waals surface area contributed by atoms with Crippen LogP contribution in [0.3, 0.4) is 0 Å². The average molecular weight is 223 g/mol. The summed E-state index contributed by atoms with van der Waals surface area (Å²) < 4.78 is 10.4. The maximum Gasteiger partial charge on any atom is 0.231 e. The fourth-order valence-electron chi connectivity index (χ4n) is 1.66. The molecule has 1 aliphatic heterocycles. The van der Waals surface area contributed by atoms with E-state index >= 15 is 0 Å². The van der Waals surface area contributed by atoms with E-state index < -0.39 is 6.04 Å². The zero-order valence-electron chi connectivity index (χ0n) is 9.17. The lowest BCUT2D eigenvalue weighted by Gasteiger charge is -2.13. The van der Waals surface area contributed by atoms with Crippen molar-refractivity contribution in [2.24, 2.45) is 0 Å². The molecule has 1 aromatic rings. The summed E-state index contributed by atoms with van der Waals surface area (Å²) in [4.78, 5) is 10.4. The van der Waals surface area contributed by atoms with Gasteiger partial charge in [-0.15, -0.1) is 0 Å². The van der Waals surface area contributed by atoms with Gasteiger partial charge in [-0.1, -0.05) is 13.0 Å². The van der Waals surface area contributed by atoms with Gasteiger partial charge in [-0.05, 0) is 17.7 Å². The first-order valence-corrected chi connectivity index (χ1v) is 5.12. The standard InChI is InChI=1S/C11H13NO4/c1-7(8(2)12(13)14)9-3-4-10-11(5-9)16-6-15-10/h3-5,7-8H,6H2,1-2H3. The molecule has 0 aliphatic carbocycles. The van der Waals surface area contributed by atoms with Gasteiger partial charge in [-0.25, -0.2) is 0 Å². The van der Waals surface area contributed by atoms with Gasteiger partial charge in [0.1, 0.15) is 0 Å². The van der Waals surface area contributed by atoms with E-state index in [1.54, 1.807) is 13.0 Å². The molecule has 0 fully saturated rings. The third kappa shape index (κ3) is 1.80. The minimum atomic E-state index is -0.611. The number of ether oxygens (including phenoxy) is 2. The predicted molar refractivity (Wildman–Crippen MR) is 57.4 cm³/mol. The highest BCUT2D eigenvalue weighted by Crippen LogP contribution is 2.35. The van der Waals surface area contributed by atoms with Crippen LogP contribution in [0.15, 0.2) is 18.2 Å². The zero-order chi connectivity index (χ0) is 11.7. The molecular weight excluding hydrogens is 210 g/mol. The highest BCUT2D eigenvalue weighted by atomic mass is 16.7. The predicted octanol–water partition coefficient (Wildman–Crippen LogP) is 2.18. The lowest BCUT2D eigenvalue weighted by Crippen LogP contribution is -2.21. The number of fused-ring (bicyclic) bond motifs is 1. The molecule has 0 saturated carbocycles. The molecule has 0 amide bonds. The van der Waals surface area contributed by atoms with Crippen LogP contribution in [0.4, 0.5) is 0 Å². The number of hydrogen-bond acceptors (Lipinski definition) is 4. The van der Waals surface area contributed by atoms with Crippen molar-refractivity contribution in [1.82, 2.24) is 0 Å². The molecule has 2 rings (SSSR count). The lowest BCUT2D eigenvalue weighted by atomic mass is 9.94. The summed E-state index contributed by atoms with van der Waals surface area (Å²) in [6.07, 6.45) is 0. The fourth-order valence-corrected chi connectivity index (χ4v) is 1.66. The van der Waals surface area contributed by atoms with Crippen molar-refractivity contribution in [3.05, 3.63) is 33.9 Å². The molecule has 5 nitrogen and oxygen atoms in total. The Hall–Kier alpha value is -1.78. The van der Waals surface area contributed by atoms with Gasteiger partial charge in [0.05, 0.1) is 0 Å². The molecule has 5 heteroatoms.